The van der Waals surface area contributed by atoms with Crippen LogP contribution in [0, 0.1) is 0 Å². The van der Waals surface area contributed by atoms with E-state index in [9.17, 15) is 9.59 Å². The van der Waals surface area contributed by atoms with Gasteiger partial charge in [-0.1, -0.05) is 12.1 Å². The molecule has 0 radical (unpaired) electrons. The van der Waals surface area contributed by atoms with Crippen molar-refractivity contribution in [2.45, 2.75) is 31.5 Å². The number of aromatic nitrogens is 2. The SMILES string of the molecule is O=C1CCC(C(=O)Nc2cnn(CC3COc4ccccc4O3)c2)N1. The number of para-hydroxylation sites is 2. The van der Waals surface area contributed by atoms with Gasteiger partial charge in [-0.15, -0.1) is 0 Å². The van der Waals surface area contributed by atoms with E-state index in [1.54, 1.807) is 17.1 Å². The highest BCUT2D eigenvalue weighted by atomic mass is 16.6. The lowest BCUT2D eigenvalue weighted by molar-refractivity contribution is -0.122. The molecule has 2 N–H and O–H groups in total. The van der Waals surface area contributed by atoms with E-state index < -0.39 is 6.04 Å². The lowest BCUT2D eigenvalue weighted by atomic mass is 10.2. The molecule has 0 saturated carbocycles. The fraction of sp³-hybridized carbons (Fsp3) is 0.353. The number of hydrogen-bond donors (Lipinski definition) is 2. The number of benzene rings is 1. The van der Waals surface area contributed by atoms with E-state index in [1.165, 1.54) is 0 Å². The minimum Gasteiger partial charge on any atom is -0.486 e. The third kappa shape index (κ3) is 3.42. The van der Waals surface area contributed by atoms with E-state index in [2.05, 4.69) is 15.7 Å². The third-order valence-electron chi connectivity index (χ3n) is 4.17. The second kappa shape index (κ2) is 6.46. The van der Waals surface area contributed by atoms with E-state index in [0.717, 1.165) is 11.5 Å². The molecule has 1 aromatic heterocycles. The number of ether oxygens (including phenoxy) is 2. The van der Waals surface area contributed by atoms with Gasteiger partial charge in [0.1, 0.15) is 12.6 Å². The number of carbonyl (C=O) groups is 2. The summed E-state index contributed by atoms with van der Waals surface area (Å²) in [5.74, 6) is 1.14. The topological polar surface area (TPSA) is 94.5 Å². The molecule has 1 fully saturated rings. The molecule has 2 amide bonds. The molecule has 2 aliphatic heterocycles. The molecule has 4 rings (SSSR count). The van der Waals surface area contributed by atoms with Crippen molar-refractivity contribution in [3.05, 3.63) is 36.7 Å². The number of nitrogens with zero attached hydrogens (tertiary/aromatic N) is 2. The maximum Gasteiger partial charge on any atom is 0.247 e. The Kier molecular flexibility index (Phi) is 4.01. The number of hydrogen-bond acceptors (Lipinski definition) is 5. The number of nitrogens with one attached hydrogen (secondary N) is 2. The van der Waals surface area contributed by atoms with Gasteiger partial charge in [0.05, 0.1) is 18.4 Å². The number of rotatable bonds is 4. The normalized spacial score (nSPS) is 21.7. The van der Waals surface area contributed by atoms with E-state index >= 15 is 0 Å². The minimum absolute atomic E-state index is 0.0921. The Balaban J connectivity index is 1.34. The summed E-state index contributed by atoms with van der Waals surface area (Å²) in [5, 5.41) is 9.65. The number of amides is 2. The molecule has 1 aromatic carbocycles. The van der Waals surface area contributed by atoms with Crippen LogP contribution in [-0.2, 0) is 16.1 Å². The second-order valence-corrected chi connectivity index (χ2v) is 6.10. The van der Waals surface area contributed by atoms with Crippen molar-refractivity contribution >= 4 is 17.5 Å². The average Bonchev–Trinajstić information content (AvgIpc) is 3.24. The van der Waals surface area contributed by atoms with Crippen LogP contribution in [0.3, 0.4) is 0 Å². The average molecular weight is 342 g/mol. The lowest BCUT2D eigenvalue weighted by Gasteiger charge is -2.26. The van der Waals surface area contributed by atoms with Gasteiger partial charge in [0, 0.05) is 12.6 Å². The summed E-state index contributed by atoms with van der Waals surface area (Å²) in [5.41, 5.74) is 0.586. The third-order valence-corrected chi connectivity index (χ3v) is 4.17. The van der Waals surface area contributed by atoms with Crippen LogP contribution < -0.4 is 20.1 Å². The molecular formula is C17H18N4O4. The van der Waals surface area contributed by atoms with Crippen molar-refractivity contribution in [2.24, 2.45) is 0 Å². The van der Waals surface area contributed by atoms with Crippen LogP contribution in [0.25, 0.3) is 0 Å². The predicted molar refractivity (Wildman–Crippen MR) is 88.4 cm³/mol. The number of anilines is 1. The number of carbonyl (C=O) groups excluding carboxylic acids is 2. The largest absolute Gasteiger partial charge is 0.486 e. The first-order valence-corrected chi connectivity index (χ1v) is 8.18. The predicted octanol–water partition coefficient (Wildman–Crippen LogP) is 0.940. The molecular weight excluding hydrogens is 324 g/mol. The summed E-state index contributed by atoms with van der Waals surface area (Å²) in [4.78, 5) is 23.3. The monoisotopic (exact) mass is 342 g/mol. The zero-order valence-corrected chi connectivity index (χ0v) is 13.5. The molecule has 2 atom stereocenters. The summed E-state index contributed by atoms with van der Waals surface area (Å²) in [6.07, 6.45) is 4.06. The Bertz CT molecular complexity index is 803. The van der Waals surface area contributed by atoms with E-state index in [4.69, 9.17) is 9.47 Å². The quantitative estimate of drug-likeness (QED) is 0.862. The van der Waals surface area contributed by atoms with Crippen LogP contribution in [0.4, 0.5) is 5.69 Å². The van der Waals surface area contributed by atoms with E-state index in [1.807, 2.05) is 24.3 Å². The highest BCUT2D eigenvalue weighted by Crippen LogP contribution is 2.31. The van der Waals surface area contributed by atoms with Gasteiger partial charge in [-0.25, -0.2) is 0 Å². The summed E-state index contributed by atoms with van der Waals surface area (Å²) < 4.78 is 13.3. The van der Waals surface area contributed by atoms with Crippen molar-refractivity contribution in [3.8, 4) is 11.5 Å². The number of fused-ring (bicyclic) bond motifs is 1. The molecule has 8 nitrogen and oxygen atoms in total. The minimum atomic E-state index is -0.470. The lowest BCUT2D eigenvalue weighted by Crippen LogP contribution is -2.37. The van der Waals surface area contributed by atoms with Crippen LogP contribution in [0.1, 0.15) is 12.8 Å². The maximum atomic E-state index is 12.1. The van der Waals surface area contributed by atoms with Gasteiger partial charge in [0.2, 0.25) is 11.8 Å². The Morgan fingerprint density at radius 2 is 2.20 bits per heavy atom. The van der Waals surface area contributed by atoms with Gasteiger partial charge >= 0.3 is 0 Å². The van der Waals surface area contributed by atoms with Gasteiger partial charge in [-0.2, -0.15) is 5.10 Å². The fourth-order valence-electron chi connectivity index (χ4n) is 2.93. The van der Waals surface area contributed by atoms with Crippen molar-refractivity contribution in [2.75, 3.05) is 11.9 Å². The van der Waals surface area contributed by atoms with Crippen LogP contribution in [0.15, 0.2) is 36.7 Å². The molecule has 2 aromatic rings. The smallest absolute Gasteiger partial charge is 0.247 e. The molecule has 1 saturated heterocycles. The molecule has 0 aliphatic carbocycles. The molecule has 2 unspecified atom stereocenters. The van der Waals surface area contributed by atoms with Crippen LogP contribution in [-0.4, -0.2) is 40.3 Å². The Labute approximate surface area is 144 Å². The molecule has 3 heterocycles. The molecule has 130 valence electrons. The van der Waals surface area contributed by atoms with E-state index in [-0.39, 0.29) is 17.9 Å². The fourth-order valence-corrected chi connectivity index (χ4v) is 2.93. The highest BCUT2D eigenvalue weighted by molar-refractivity contribution is 5.98. The summed E-state index contributed by atoms with van der Waals surface area (Å²) in [6, 6.07) is 7.06. The van der Waals surface area contributed by atoms with Gasteiger partial charge < -0.3 is 20.1 Å². The van der Waals surface area contributed by atoms with Gasteiger partial charge in [0.25, 0.3) is 0 Å². The molecule has 8 heteroatoms. The second-order valence-electron chi connectivity index (χ2n) is 6.10. The van der Waals surface area contributed by atoms with Crippen molar-refractivity contribution in [1.82, 2.24) is 15.1 Å². The molecule has 0 spiro atoms. The van der Waals surface area contributed by atoms with Crippen molar-refractivity contribution in [1.29, 1.82) is 0 Å². The highest BCUT2D eigenvalue weighted by Gasteiger charge is 2.27. The molecule has 0 bridgehead atoms. The first-order valence-electron chi connectivity index (χ1n) is 8.18. The maximum absolute atomic E-state index is 12.1. The molecule has 2 aliphatic rings. The summed E-state index contributed by atoms with van der Waals surface area (Å²) in [6.45, 7) is 0.942. The van der Waals surface area contributed by atoms with Crippen molar-refractivity contribution in [3.63, 3.8) is 0 Å². The van der Waals surface area contributed by atoms with Crippen LogP contribution in [0.2, 0.25) is 0 Å². The van der Waals surface area contributed by atoms with Crippen LogP contribution >= 0.6 is 0 Å². The van der Waals surface area contributed by atoms with Crippen molar-refractivity contribution < 1.29 is 19.1 Å². The Morgan fingerprint density at radius 1 is 1.36 bits per heavy atom. The Morgan fingerprint density at radius 3 is 3.00 bits per heavy atom. The summed E-state index contributed by atoms with van der Waals surface area (Å²) in [7, 11) is 0. The summed E-state index contributed by atoms with van der Waals surface area (Å²) >= 11 is 0. The Hall–Kier alpha value is -3.03. The first-order chi connectivity index (χ1) is 12.2. The van der Waals surface area contributed by atoms with Gasteiger partial charge in [-0.3, -0.25) is 14.3 Å². The molecule has 25 heavy (non-hydrogen) atoms. The van der Waals surface area contributed by atoms with Gasteiger partial charge in [-0.05, 0) is 18.6 Å². The van der Waals surface area contributed by atoms with E-state index in [0.29, 0.717) is 31.7 Å². The standard InChI is InChI=1S/C17H18N4O4/c22-16-6-5-13(20-16)17(23)19-11-7-18-21(8-11)9-12-10-24-14-3-1-2-4-15(14)25-12/h1-4,7-8,12-13H,5-6,9-10H2,(H,19,23)(H,20,22). The zero-order chi connectivity index (χ0) is 17.2. The van der Waals surface area contributed by atoms with Crippen LogP contribution in [0.5, 0.6) is 11.5 Å². The van der Waals surface area contributed by atoms with Gasteiger partial charge in [0.15, 0.2) is 17.6 Å². The first kappa shape index (κ1) is 15.5. The zero-order valence-electron chi connectivity index (χ0n) is 13.5.